The van der Waals surface area contributed by atoms with Gasteiger partial charge < -0.3 is 5.32 Å². The third-order valence-electron chi connectivity index (χ3n) is 4.44. The number of benzene rings is 2. The van der Waals surface area contributed by atoms with Crippen molar-refractivity contribution in [3.05, 3.63) is 59.2 Å². The van der Waals surface area contributed by atoms with Crippen molar-refractivity contribution in [1.29, 1.82) is 0 Å². The van der Waals surface area contributed by atoms with Crippen LogP contribution in [0.5, 0.6) is 0 Å². The van der Waals surface area contributed by atoms with Crippen LogP contribution in [0.15, 0.2) is 42.5 Å². The van der Waals surface area contributed by atoms with Crippen molar-refractivity contribution in [2.24, 2.45) is 0 Å². The van der Waals surface area contributed by atoms with Gasteiger partial charge in [0.15, 0.2) is 5.78 Å². The van der Waals surface area contributed by atoms with Gasteiger partial charge in [-0.2, -0.15) is 0 Å². The molecule has 0 aromatic heterocycles. The number of nitrogens with zero attached hydrogens (tertiary/aromatic N) is 1. The molecule has 0 saturated carbocycles. The molecule has 0 saturated heterocycles. The monoisotopic (exact) mass is 350 g/mol. The topological polar surface area (TPSA) is 83.6 Å². The standard InChI is InChI=1S/C20H18N2O4/c1-11-6-4-9-16-17(11)22(20(26)18(16)24)12(2)19(25)21-15-8-5-7-14(10-15)13(3)23/h4-10,12H,1-3H3,(H,21,25). The van der Waals surface area contributed by atoms with Crippen LogP contribution in [0.1, 0.15) is 40.1 Å². The van der Waals surface area contributed by atoms with E-state index >= 15 is 0 Å². The predicted molar refractivity (Wildman–Crippen MR) is 97.5 cm³/mol. The highest BCUT2D eigenvalue weighted by molar-refractivity contribution is 6.53. The minimum atomic E-state index is -0.880. The molecular formula is C20H18N2O4. The number of rotatable bonds is 4. The van der Waals surface area contributed by atoms with Gasteiger partial charge in [0.1, 0.15) is 6.04 Å². The number of fused-ring (bicyclic) bond motifs is 1. The number of para-hydroxylation sites is 1. The number of amides is 2. The van der Waals surface area contributed by atoms with Crippen LogP contribution in [-0.4, -0.2) is 29.4 Å². The van der Waals surface area contributed by atoms with Crippen LogP contribution in [-0.2, 0) is 9.59 Å². The summed E-state index contributed by atoms with van der Waals surface area (Å²) < 4.78 is 0. The number of carbonyl (C=O) groups is 4. The highest BCUT2D eigenvalue weighted by Crippen LogP contribution is 2.34. The van der Waals surface area contributed by atoms with Crippen molar-refractivity contribution in [2.75, 3.05) is 10.2 Å². The first-order valence-corrected chi connectivity index (χ1v) is 8.20. The lowest BCUT2D eigenvalue weighted by Gasteiger charge is -2.25. The molecule has 2 aromatic carbocycles. The average Bonchev–Trinajstić information content (AvgIpc) is 2.87. The van der Waals surface area contributed by atoms with Gasteiger partial charge in [-0.3, -0.25) is 24.1 Å². The van der Waals surface area contributed by atoms with E-state index in [1.165, 1.54) is 11.8 Å². The van der Waals surface area contributed by atoms with Gasteiger partial charge in [-0.15, -0.1) is 0 Å². The van der Waals surface area contributed by atoms with E-state index < -0.39 is 23.6 Å². The molecule has 2 amide bonds. The maximum atomic E-state index is 12.7. The van der Waals surface area contributed by atoms with Crippen molar-refractivity contribution in [3.63, 3.8) is 0 Å². The highest BCUT2D eigenvalue weighted by Gasteiger charge is 2.41. The van der Waals surface area contributed by atoms with Gasteiger partial charge in [0.2, 0.25) is 5.91 Å². The fourth-order valence-electron chi connectivity index (χ4n) is 3.04. The van der Waals surface area contributed by atoms with E-state index in [-0.39, 0.29) is 5.78 Å². The van der Waals surface area contributed by atoms with Gasteiger partial charge in [0.05, 0.1) is 11.3 Å². The maximum absolute atomic E-state index is 12.7. The zero-order valence-electron chi connectivity index (χ0n) is 14.7. The molecule has 6 heteroatoms. The van der Waals surface area contributed by atoms with Crippen molar-refractivity contribution in [2.45, 2.75) is 26.8 Å². The van der Waals surface area contributed by atoms with E-state index in [2.05, 4.69) is 5.32 Å². The molecule has 3 rings (SSSR count). The van der Waals surface area contributed by atoms with Gasteiger partial charge in [0.25, 0.3) is 11.7 Å². The van der Waals surface area contributed by atoms with Gasteiger partial charge in [-0.25, -0.2) is 0 Å². The Morgan fingerprint density at radius 3 is 2.46 bits per heavy atom. The summed E-state index contributed by atoms with van der Waals surface area (Å²) in [6.45, 7) is 4.80. The van der Waals surface area contributed by atoms with Gasteiger partial charge >= 0.3 is 0 Å². The lowest BCUT2D eigenvalue weighted by molar-refractivity contribution is -0.120. The second-order valence-corrected chi connectivity index (χ2v) is 6.28. The molecule has 0 bridgehead atoms. The Balaban J connectivity index is 1.88. The summed E-state index contributed by atoms with van der Waals surface area (Å²) in [5.41, 5.74) is 2.47. The second-order valence-electron chi connectivity index (χ2n) is 6.28. The average molecular weight is 350 g/mol. The van der Waals surface area contributed by atoms with Crippen molar-refractivity contribution in [1.82, 2.24) is 0 Å². The van der Waals surface area contributed by atoms with Crippen molar-refractivity contribution in [3.8, 4) is 0 Å². The number of Topliss-reactive ketones (excluding diaryl/α,β-unsaturated/α-hetero) is 2. The Morgan fingerprint density at radius 2 is 1.77 bits per heavy atom. The molecule has 1 aliphatic rings. The summed E-state index contributed by atoms with van der Waals surface area (Å²) in [6, 6.07) is 10.8. The Bertz CT molecular complexity index is 949. The van der Waals surface area contributed by atoms with E-state index in [1.54, 1.807) is 56.3 Å². The molecule has 2 aromatic rings. The SMILES string of the molecule is CC(=O)c1cccc(NC(=O)C(C)N2C(=O)C(=O)c3cccc(C)c32)c1. The number of hydrogen-bond acceptors (Lipinski definition) is 4. The Labute approximate surface area is 150 Å². The second kappa shape index (κ2) is 6.55. The number of aryl methyl sites for hydroxylation is 1. The molecule has 1 heterocycles. The number of hydrogen-bond donors (Lipinski definition) is 1. The van der Waals surface area contributed by atoms with E-state index in [0.29, 0.717) is 22.5 Å². The molecule has 1 aliphatic heterocycles. The summed E-state index contributed by atoms with van der Waals surface area (Å²) in [7, 11) is 0. The maximum Gasteiger partial charge on any atom is 0.300 e. The molecule has 132 valence electrons. The van der Waals surface area contributed by atoms with Crippen LogP contribution in [0.3, 0.4) is 0 Å². The van der Waals surface area contributed by atoms with Crippen LogP contribution in [0.25, 0.3) is 0 Å². The van der Waals surface area contributed by atoms with E-state index in [4.69, 9.17) is 0 Å². The van der Waals surface area contributed by atoms with Crippen LogP contribution in [0, 0.1) is 6.92 Å². The predicted octanol–water partition coefficient (Wildman–Crippen LogP) is 2.75. The van der Waals surface area contributed by atoms with E-state index in [9.17, 15) is 19.2 Å². The van der Waals surface area contributed by atoms with Crippen LogP contribution in [0.4, 0.5) is 11.4 Å². The molecule has 1 N–H and O–H groups in total. The third kappa shape index (κ3) is 2.90. The van der Waals surface area contributed by atoms with Crippen LogP contribution in [0.2, 0.25) is 0 Å². The smallest absolute Gasteiger partial charge is 0.300 e. The quantitative estimate of drug-likeness (QED) is 0.679. The normalized spacial score (nSPS) is 14.2. The Morgan fingerprint density at radius 1 is 1.08 bits per heavy atom. The first kappa shape index (κ1) is 17.5. The van der Waals surface area contributed by atoms with Crippen LogP contribution < -0.4 is 10.2 Å². The summed E-state index contributed by atoms with van der Waals surface area (Å²) in [4.78, 5) is 50.0. The van der Waals surface area contributed by atoms with Crippen molar-refractivity contribution >= 4 is 34.8 Å². The fourth-order valence-corrected chi connectivity index (χ4v) is 3.04. The minimum Gasteiger partial charge on any atom is -0.324 e. The largest absolute Gasteiger partial charge is 0.324 e. The zero-order chi connectivity index (χ0) is 19.0. The van der Waals surface area contributed by atoms with E-state index in [0.717, 1.165) is 5.56 Å². The Kier molecular flexibility index (Phi) is 4.42. The van der Waals surface area contributed by atoms with Gasteiger partial charge in [-0.1, -0.05) is 24.3 Å². The number of nitrogens with one attached hydrogen (secondary N) is 1. The summed E-state index contributed by atoms with van der Waals surface area (Å²) in [5, 5.41) is 2.70. The molecular weight excluding hydrogens is 332 g/mol. The molecule has 1 atom stereocenters. The molecule has 1 unspecified atom stereocenters. The zero-order valence-corrected chi connectivity index (χ0v) is 14.7. The number of anilines is 2. The first-order chi connectivity index (χ1) is 12.3. The summed E-state index contributed by atoms with van der Waals surface area (Å²) in [5.74, 6) is -1.88. The molecule has 0 radical (unpaired) electrons. The first-order valence-electron chi connectivity index (χ1n) is 8.20. The molecule has 0 aliphatic carbocycles. The fraction of sp³-hybridized carbons (Fsp3) is 0.200. The summed E-state index contributed by atoms with van der Waals surface area (Å²) >= 11 is 0. The van der Waals surface area contributed by atoms with Crippen molar-refractivity contribution < 1.29 is 19.2 Å². The highest BCUT2D eigenvalue weighted by atomic mass is 16.2. The molecule has 0 spiro atoms. The number of ketones is 2. The molecule has 0 fully saturated rings. The lowest BCUT2D eigenvalue weighted by Crippen LogP contribution is -2.45. The van der Waals surface area contributed by atoms with Gasteiger partial charge in [0, 0.05) is 11.3 Å². The Hall–Kier alpha value is -3.28. The van der Waals surface area contributed by atoms with Gasteiger partial charge in [-0.05, 0) is 44.5 Å². The summed E-state index contributed by atoms with van der Waals surface area (Å²) in [6.07, 6.45) is 0. The minimum absolute atomic E-state index is 0.112. The number of carbonyl (C=O) groups excluding carboxylic acids is 4. The molecule has 26 heavy (non-hydrogen) atoms. The lowest BCUT2D eigenvalue weighted by atomic mass is 10.1. The molecule has 6 nitrogen and oxygen atoms in total. The van der Waals surface area contributed by atoms with Crippen LogP contribution >= 0.6 is 0 Å². The van der Waals surface area contributed by atoms with E-state index in [1.807, 2.05) is 0 Å². The third-order valence-corrected chi connectivity index (χ3v) is 4.44.